The number of carbonyl (C=O) groups is 1. The number of thioether (sulfide) groups is 1. The summed E-state index contributed by atoms with van der Waals surface area (Å²) >= 11 is 1.90. The van der Waals surface area contributed by atoms with Gasteiger partial charge in [-0.3, -0.25) is 0 Å². The molecule has 0 aliphatic carbocycles. The molecule has 0 saturated carbocycles. The molecular formula is C15H22N2O2S. The van der Waals surface area contributed by atoms with Crippen molar-refractivity contribution in [3.63, 3.8) is 0 Å². The predicted octanol–water partition coefficient (Wildman–Crippen LogP) is 3.10. The van der Waals surface area contributed by atoms with Gasteiger partial charge in [0, 0.05) is 29.3 Å². The number of amides is 2. The summed E-state index contributed by atoms with van der Waals surface area (Å²) in [4.78, 5) is 14.1. The number of aliphatic hydroxyl groups excluding tert-OH is 1. The number of rotatable bonds is 2. The van der Waals surface area contributed by atoms with E-state index in [0.29, 0.717) is 0 Å². The van der Waals surface area contributed by atoms with Gasteiger partial charge in [-0.25, -0.2) is 4.79 Å². The van der Waals surface area contributed by atoms with Crippen molar-refractivity contribution in [1.29, 1.82) is 0 Å². The van der Waals surface area contributed by atoms with Crippen molar-refractivity contribution in [2.45, 2.75) is 31.6 Å². The summed E-state index contributed by atoms with van der Waals surface area (Å²) in [6, 6.07) is 7.27. The molecule has 2 amide bonds. The summed E-state index contributed by atoms with van der Waals surface area (Å²) < 4.78 is 0.108. The van der Waals surface area contributed by atoms with Gasteiger partial charge in [0.2, 0.25) is 0 Å². The molecule has 4 nitrogen and oxygen atoms in total. The van der Waals surface area contributed by atoms with E-state index in [2.05, 4.69) is 19.2 Å². The molecular weight excluding hydrogens is 272 g/mol. The SMILES string of the molecule is CC(O)c1cccc(NC(=O)N2CCSC(C)(C)C2)c1. The monoisotopic (exact) mass is 294 g/mol. The topological polar surface area (TPSA) is 52.6 Å². The maximum absolute atomic E-state index is 12.3. The Labute approximate surface area is 124 Å². The normalized spacial score (nSPS) is 19.5. The van der Waals surface area contributed by atoms with Crippen LogP contribution in [0.4, 0.5) is 10.5 Å². The molecule has 110 valence electrons. The summed E-state index contributed by atoms with van der Waals surface area (Å²) in [6.45, 7) is 7.55. The molecule has 2 rings (SSSR count). The van der Waals surface area contributed by atoms with Gasteiger partial charge in [-0.15, -0.1) is 0 Å². The lowest BCUT2D eigenvalue weighted by Crippen LogP contribution is -2.47. The second kappa shape index (κ2) is 6.06. The lowest BCUT2D eigenvalue weighted by molar-refractivity contribution is 0.199. The molecule has 1 aromatic rings. The lowest BCUT2D eigenvalue weighted by atomic mass is 10.1. The van der Waals surface area contributed by atoms with Crippen molar-refractivity contribution in [3.8, 4) is 0 Å². The maximum atomic E-state index is 12.3. The largest absolute Gasteiger partial charge is 0.389 e. The van der Waals surface area contributed by atoms with Crippen molar-refractivity contribution in [2.75, 3.05) is 24.2 Å². The first-order valence-electron chi connectivity index (χ1n) is 6.85. The Kier molecular flexibility index (Phi) is 4.60. The van der Waals surface area contributed by atoms with E-state index in [0.717, 1.165) is 30.1 Å². The molecule has 1 aliphatic rings. The number of hydrogen-bond donors (Lipinski definition) is 2. The molecule has 20 heavy (non-hydrogen) atoms. The molecule has 1 aliphatic heterocycles. The smallest absolute Gasteiger partial charge is 0.321 e. The van der Waals surface area contributed by atoms with Crippen LogP contribution in [0, 0.1) is 0 Å². The zero-order valence-electron chi connectivity index (χ0n) is 12.2. The number of urea groups is 1. The highest BCUT2D eigenvalue weighted by molar-refractivity contribution is 8.00. The van der Waals surface area contributed by atoms with E-state index in [1.807, 2.05) is 40.9 Å². The number of nitrogens with one attached hydrogen (secondary N) is 1. The lowest BCUT2D eigenvalue weighted by Gasteiger charge is -2.37. The van der Waals surface area contributed by atoms with E-state index in [4.69, 9.17) is 0 Å². The minimum atomic E-state index is -0.530. The van der Waals surface area contributed by atoms with Gasteiger partial charge in [0.15, 0.2) is 0 Å². The fraction of sp³-hybridized carbons (Fsp3) is 0.533. The molecule has 1 heterocycles. The van der Waals surface area contributed by atoms with E-state index in [-0.39, 0.29) is 10.8 Å². The Morgan fingerprint density at radius 1 is 1.50 bits per heavy atom. The molecule has 0 radical (unpaired) electrons. The summed E-state index contributed by atoms with van der Waals surface area (Å²) in [5, 5.41) is 12.5. The molecule has 0 aromatic heterocycles. The summed E-state index contributed by atoms with van der Waals surface area (Å²) in [7, 11) is 0. The highest BCUT2D eigenvalue weighted by Crippen LogP contribution is 2.29. The number of nitrogens with zero attached hydrogens (tertiary/aromatic N) is 1. The Balaban J connectivity index is 2.02. The average Bonchev–Trinajstić information content (AvgIpc) is 2.37. The highest BCUT2D eigenvalue weighted by Gasteiger charge is 2.29. The van der Waals surface area contributed by atoms with Crippen LogP contribution in [0.15, 0.2) is 24.3 Å². The third kappa shape index (κ3) is 3.90. The predicted molar refractivity (Wildman–Crippen MR) is 84.2 cm³/mol. The van der Waals surface area contributed by atoms with Gasteiger partial charge in [-0.05, 0) is 38.5 Å². The number of anilines is 1. The van der Waals surface area contributed by atoms with Gasteiger partial charge in [0.25, 0.3) is 0 Å². The van der Waals surface area contributed by atoms with E-state index >= 15 is 0 Å². The zero-order valence-corrected chi connectivity index (χ0v) is 13.0. The van der Waals surface area contributed by atoms with Gasteiger partial charge in [0.05, 0.1) is 6.10 Å². The average molecular weight is 294 g/mol. The molecule has 0 bridgehead atoms. The minimum Gasteiger partial charge on any atom is -0.389 e. The minimum absolute atomic E-state index is 0.0684. The Morgan fingerprint density at radius 3 is 2.90 bits per heavy atom. The second-order valence-corrected chi connectivity index (χ2v) is 7.56. The Bertz CT molecular complexity index is 489. The van der Waals surface area contributed by atoms with Gasteiger partial charge in [-0.2, -0.15) is 11.8 Å². The van der Waals surface area contributed by atoms with Gasteiger partial charge < -0.3 is 15.3 Å². The summed E-state index contributed by atoms with van der Waals surface area (Å²) in [5.74, 6) is 0.966. The van der Waals surface area contributed by atoms with Crippen molar-refractivity contribution in [2.24, 2.45) is 0 Å². The van der Waals surface area contributed by atoms with Crippen LogP contribution in [0.2, 0.25) is 0 Å². The Morgan fingerprint density at radius 2 is 2.25 bits per heavy atom. The third-order valence-corrected chi connectivity index (χ3v) is 4.63. The first kappa shape index (κ1) is 15.2. The quantitative estimate of drug-likeness (QED) is 0.881. The van der Waals surface area contributed by atoms with Crippen molar-refractivity contribution >= 4 is 23.5 Å². The van der Waals surface area contributed by atoms with Crippen LogP contribution in [0.1, 0.15) is 32.4 Å². The van der Waals surface area contributed by atoms with Crippen molar-refractivity contribution in [1.82, 2.24) is 4.90 Å². The van der Waals surface area contributed by atoms with E-state index in [1.165, 1.54) is 0 Å². The molecule has 1 unspecified atom stereocenters. The molecule has 1 saturated heterocycles. The second-order valence-electron chi connectivity index (χ2n) is 5.76. The van der Waals surface area contributed by atoms with Crippen molar-refractivity contribution < 1.29 is 9.90 Å². The third-order valence-electron chi connectivity index (χ3n) is 3.33. The number of benzene rings is 1. The number of carbonyl (C=O) groups excluding carboxylic acids is 1. The Hall–Kier alpha value is -1.20. The van der Waals surface area contributed by atoms with Gasteiger partial charge in [0.1, 0.15) is 0 Å². The van der Waals surface area contributed by atoms with Crippen LogP contribution in [0.5, 0.6) is 0 Å². The van der Waals surface area contributed by atoms with Gasteiger partial charge in [-0.1, -0.05) is 12.1 Å². The first-order valence-corrected chi connectivity index (χ1v) is 7.84. The summed E-state index contributed by atoms with van der Waals surface area (Å²) in [5.41, 5.74) is 1.53. The van der Waals surface area contributed by atoms with Crippen molar-refractivity contribution in [3.05, 3.63) is 29.8 Å². The van der Waals surface area contributed by atoms with Crippen LogP contribution in [-0.2, 0) is 0 Å². The van der Waals surface area contributed by atoms with Crippen LogP contribution >= 0.6 is 11.8 Å². The summed E-state index contributed by atoms with van der Waals surface area (Å²) in [6.07, 6.45) is -0.530. The van der Waals surface area contributed by atoms with Crippen LogP contribution in [0.3, 0.4) is 0 Å². The van der Waals surface area contributed by atoms with Crippen LogP contribution in [0.25, 0.3) is 0 Å². The molecule has 5 heteroatoms. The molecule has 1 atom stereocenters. The fourth-order valence-electron chi connectivity index (χ4n) is 2.27. The number of hydrogen-bond acceptors (Lipinski definition) is 3. The molecule has 2 N–H and O–H groups in total. The fourth-order valence-corrected chi connectivity index (χ4v) is 3.38. The van der Waals surface area contributed by atoms with Crippen LogP contribution < -0.4 is 5.32 Å². The van der Waals surface area contributed by atoms with E-state index in [9.17, 15) is 9.90 Å². The molecule has 0 spiro atoms. The van der Waals surface area contributed by atoms with E-state index in [1.54, 1.807) is 6.92 Å². The highest BCUT2D eigenvalue weighted by atomic mass is 32.2. The zero-order chi connectivity index (χ0) is 14.8. The molecule has 1 fully saturated rings. The van der Waals surface area contributed by atoms with Crippen LogP contribution in [-0.4, -0.2) is 39.6 Å². The van der Waals surface area contributed by atoms with E-state index < -0.39 is 6.10 Å². The number of aliphatic hydroxyl groups is 1. The molecule has 1 aromatic carbocycles. The first-order chi connectivity index (χ1) is 9.37. The maximum Gasteiger partial charge on any atom is 0.321 e. The standard InChI is InChI=1S/C15H22N2O2S/c1-11(18)12-5-4-6-13(9-12)16-14(19)17-7-8-20-15(2,3)10-17/h4-6,9,11,18H,7-8,10H2,1-3H3,(H,16,19). The van der Waals surface area contributed by atoms with Gasteiger partial charge >= 0.3 is 6.03 Å².